The summed E-state index contributed by atoms with van der Waals surface area (Å²) < 4.78 is 76.8. The molecule has 3 fully saturated rings. The molecule has 1 aromatic rings. The molecule has 0 radical (unpaired) electrons. The highest BCUT2D eigenvalue weighted by atomic mass is 32.2. The first-order chi connectivity index (χ1) is 26.1. The van der Waals surface area contributed by atoms with E-state index in [-0.39, 0.29) is 38.5 Å². The number of fused-ring (bicyclic) bond motifs is 1. The number of likely N-dealkylation sites (tertiary alicyclic amines) is 1. The molecule has 2 heterocycles. The Bertz CT molecular complexity index is 1840. The van der Waals surface area contributed by atoms with Crippen molar-refractivity contribution in [1.82, 2.24) is 29.6 Å². The summed E-state index contributed by atoms with van der Waals surface area (Å²) in [6.45, 7) is 15.1. The van der Waals surface area contributed by atoms with Gasteiger partial charge in [0.2, 0.25) is 11.8 Å². The maximum atomic E-state index is 14.6. The molecular formula is C37H56FN6O10PS. The predicted molar refractivity (Wildman–Crippen MR) is 204 cm³/mol. The highest BCUT2D eigenvalue weighted by Crippen LogP contribution is 2.51. The highest BCUT2D eigenvalue weighted by molar-refractivity contribution is 7.87. The van der Waals surface area contributed by atoms with Gasteiger partial charge < -0.3 is 15.0 Å². The van der Waals surface area contributed by atoms with E-state index in [2.05, 4.69) is 26.4 Å². The van der Waals surface area contributed by atoms with Gasteiger partial charge in [-0.3, -0.25) is 33.4 Å². The van der Waals surface area contributed by atoms with Gasteiger partial charge in [0, 0.05) is 30.5 Å². The topological polar surface area (TPSA) is 202 Å². The lowest BCUT2D eigenvalue weighted by atomic mass is 9.86. The Morgan fingerprint density at radius 2 is 1.70 bits per heavy atom. The molecule has 2 aliphatic heterocycles. The van der Waals surface area contributed by atoms with E-state index in [1.165, 1.54) is 17.0 Å². The Labute approximate surface area is 328 Å². The molecular weight excluding hydrogens is 770 g/mol. The number of halogens is 1. The molecule has 1 unspecified atom stereocenters. The average molecular weight is 827 g/mol. The standard InChI is InChI=1S/C37H56FN6O10PS/c1-9-25-18-37(25,34(47)40-55(49,53-22(2)3)54-23(4)5)39-32(45)30-17-27(52-35(48)43-19-24-13-12-16-29(38)28(24)21-43)20-44(30)33(46)31(36(6,7)8)42-56(50,51)41-26-14-10-11-15-26/h9,12-13,16,22-23,25-27,30-31,41-42H,1,10-11,14-15,17-21H2,2-8H3,(H,39,45)(H,40,47,49)/t25?,27-,30+,31-,37-/m1/s1. The number of benzene rings is 1. The van der Waals surface area contributed by atoms with Gasteiger partial charge in [-0.05, 0) is 64.0 Å². The van der Waals surface area contributed by atoms with Crippen LogP contribution in [-0.2, 0) is 56.0 Å². The van der Waals surface area contributed by atoms with Crippen LogP contribution in [0.5, 0.6) is 0 Å². The van der Waals surface area contributed by atoms with Crippen molar-refractivity contribution in [3.8, 4) is 0 Å². The van der Waals surface area contributed by atoms with E-state index in [1.807, 2.05) is 0 Å². The summed E-state index contributed by atoms with van der Waals surface area (Å²) in [5.74, 6) is -3.44. The Morgan fingerprint density at radius 1 is 1.05 bits per heavy atom. The van der Waals surface area contributed by atoms with Crippen LogP contribution in [0.25, 0.3) is 0 Å². The Hall–Kier alpha value is -3.41. The zero-order valence-electron chi connectivity index (χ0n) is 33.1. The monoisotopic (exact) mass is 826 g/mol. The normalized spacial score (nSPS) is 24.6. The second-order valence-corrected chi connectivity index (χ2v) is 19.9. The number of hydrogen-bond acceptors (Lipinski definition) is 10. The molecule has 2 saturated carbocycles. The van der Waals surface area contributed by atoms with Crippen molar-refractivity contribution in [1.29, 1.82) is 0 Å². The molecule has 2 aliphatic carbocycles. The average Bonchev–Trinajstić information content (AvgIpc) is 3.47. The van der Waals surface area contributed by atoms with E-state index in [9.17, 15) is 36.6 Å². The van der Waals surface area contributed by atoms with E-state index < -0.39 is 94.9 Å². The van der Waals surface area contributed by atoms with Crippen LogP contribution in [0, 0.1) is 17.2 Å². The summed E-state index contributed by atoms with van der Waals surface area (Å²) in [6, 6.07) is 1.57. The molecule has 0 aromatic heterocycles. The quantitative estimate of drug-likeness (QED) is 0.147. The van der Waals surface area contributed by atoms with E-state index in [4.69, 9.17) is 13.8 Å². The van der Waals surface area contributed by atoms with E-state index >= 15 is 0 Å². The minimum Gasteiger partial charge on any atom is -0.444 e. The largest absolute Gasteiger partial charge is 0.444 e. The maximum Gasteiger partial charge on any atom is 0.435 e. The first kappa shape index (κ1) is 43.7. The smallest absolute Gasteiger partial charge is 0.435 e. The third-order valence-corrected chi connectivity index (χ3v) is 13.4. The Balaban J connectivity index is 1.40. The Kier molecular flexibility index (Phi) is 13.1. The lowest BCUT2D eigenvalue weighted by Crippen LogP contribution is -2.61. The number of carbonyl (C=O) groups excluding carboxylic acids is 4. The molecule has 4 N–H and O–H groups in total. The van der Waals surface area contributed by atoms with Crippen LogP contribution in [0.2, 0.25) is 0 Å². The molecule has 1 aromatic carbocycles. The van der Waals surface area contributed by atoms with Gasteiger partial charge in [0.15, 0.2) is 0 Å². The number of rotatable bonds is 15. The molecule has 5 atom stereocenters. The van der Waals surface area contributed by atoms with Crippen LogP contribution in [0.15, 0.2) is 30.9 Å². The molecule has 4 aliphatic rings. The summed E-state index contributed by atoms with van der Waals surface area (Å²) in [5.41, 5.74) is -1.65. The zero-order valence-corrected chi connectivity index (χ0v) is 34.8. The first-order valence-corrected chi connectivity index (χ1v) is 22.1. The van der Waals surface area contributed by atoms with E-state index in [0.29, 0.717) is 24.0 Å². The SMILES string of the molecule is C=CC1C[C@]1(NC(=O)[C@@H]1C[C@@H](OC(=O)N2Cc3cccc(F)c3C2)CN1C(=O)[C@@H](NS(=O)(=O)NC1CCCC1)C(C)(C)C)C(=O)NP(=O)(OC(C)C)OC(C)C. The van der Waals surface area contributed by atoms with Gasteiger partial charge in [0.05, 0.1) is 25.3 Å². The fourth-order valence-corrected chi connectivity index (χ4v) is 10.7. The number of ether oxygens (including phenoxy) is 1. The second-order valence-electron chi connectivity index (χ2n) is 16.8. The fraction of sp³-hybridized carbons (Fsp3) is 0.676. The number of hydrogen-bond donors (Lipinski definition) is 4. The molecule has 0 bridgehead atoms. The van der Waals surface area contributed by atoms with Crippen LogP contribution < -0.4 is 19.8 Å². The van der Waals surface area contributed by atoms with Crippen molar-refractivity contribution in [2.24, 2.45) is 11.3 Å². The van der Waals surface area contributed by atoms with E-state index in [1.54, 1.807) is 60.6 Å². The van der Waals surface area contributed by atoms with Gasteiger partial charge in [-0.2, -0.15) is 17.9 Å². The van der Waals surface area contributed by atoms with Crippen molar-refractivity contribution in [2.45, 2.75) is 142 Å². The summed E-state index contributed by atoms with van der Waals surface area (Å²) in [4.78, 5) is 58.7. The van der Waals surface area contributed by atoms with E-state index in [0.717, 1.165) is 17.7 Å². The zero-order chi connectivity index (χ0) is 41.4. The first-order valence-electron chi connectivity index (χ1n) is 19.1. The number of carbonyl (C=O) groups is 4. The minimum atomic E-state index is -4.21. The molecule has 56 heavy (non-hydrogen) atoms. The third-order valence-electron chi connectivity index (χ3n) is 10.4. The van der Waals surface area contributed by atoms with Gasteiger partial charge in [-0.15, -0.1) is 6.58 Å². The molecule has 4 amide bonds. The fourth-order valence-electron chi connectivity index (χ4n) is 7.51. The molecule has 5 rings (SSSR count). The summed E-state index contributed by atoms with van der Waals surface area (Å²) in [7, 11) is -8.40. The van der Waals surface area contributed by atoms with Gasteiger partial charge in [-0.25, -0.2) is 13.8 Å². The lowest BCUT2D eigenvalue weighted by molar-refractivity contribution is -0.142. The van der Waals surface area contributed by atoms with Crippen LogP contribution in [-0.4, -0.2) is 90.6 Å². The summed E-state index contributed by atoms with van der Waals surface area (Å²) in [5, 5.41) is 5.12. The van der Waals surface area contributed by atoms with Crippen LogP contribution in [0.3, 0.4) is 0 Å². The maximum absolute atomic E-state index is 14.6. The molecule has 312 valence electrons. The van der Waals surface area contributed by atoms with Gasteiger partial charge in [0.1, 0.15) is 29.5 Å². The van der Waals surface area contributed by atoms with Crippen molar-refractivity contribution < 1.29 is 50.3 Å². The van der Waals surface area contributed by atoms with Gasteiger partial charge in [0.25, 0.3) is 16.1 Å². The van der Waals surface area contributed by atoms with Crippen molar-refractivity contribution in [3.63, 3.8) is 0 Å². The van der Waals surface area contributed by atoms with Crippen LogP contribution in [0.4, 0.5) is 9.18 Å². The van der Waals surface area contributed by atoms with Crippen molar-refractivity contribution >= 4 is 41.8 Å². The summed E-state index contributed by atoms with van der Waals surface area (Å²) in [6.07, 6.45) is 1.41. The van der Waals surface area contributed by atoms with Gasteiger partial charge >= 0.3 is 13.8 Å². The predicted octanol–water partition coefficient (Wildman–Crippen LogP) is 4.16. The molecule has 16 nitrogen and oxygen atoms in total. The van der Waals surface area contributed by atoms with Crippen molar-refractivity contribution in [3.05, 3.63) is 47.8 Å². The van der Waals surface area contributed by atoms with Crippen LogP contribution in [0.1, 0.15) is 98.1 Å². The Morgan fingerprint density at radius 3 is 2.25 bits per heavy atom. The highest BCUT2D eigenvalue weighted by Gasteiger charge is 2.62. The minimum absolute atomic E-state index is 0.0343. The number of nitrogens with one attached hydrogen (secondary N) is 4. The van der Waals surface area contributed by atoms with Gasteiger partial charge in [-0.1, -0.05) is 51.8 Å². The third kappa shape index (κ3) is 10.2. The molecule has 0 spiro atoms. The second kappa shape index (κ2) is 16.8. The molecule has 19 heteroatoms. The molecule has 1 saturated heterocycles. The number of nitrogens with zero attached hydrogens (tertiary/aromatic N) is 2. The van der Waals surface area contributed by atoms with Crippen LogP contribution >= 0.6 is 7.75 Å². The number of amides is 4. The lowest BCUT2D eigenvalue weighted by Gasteiger charge is -2.35. The van der Waals surface area contributed by atoms with Crippen molar-refractivity contribution in [2.75, 3.05) is 6.54 Å². The summed E-state index contributed by atoms with van der Waals surface area (Å²) >= 11 is 0.